The van der Waals surface area contributed by atoms with Gasteiger partial charge < -0.3 is 20.7 Å². The fourth-order valence-corrected chi connectivity index (χ4v) is 1.73. The van der Waals surface area contributed by atoms with E-state index in [9.17, 15) is 4.79 Å². The van der Waals surface area contributed by atoms with E-state index in [1.807, 2.05) is 0 Å². The summed E-state index contributed by atoms with van der Waals surface area (Å²) in [6.45, 7) is 5.34. The average Bonchev–Trinajstić information content (AvgIpc) is 2.57. The van der Waals surface area contributed by atoms with Gasteiger partial charge in [0.25, 0.3) is 5.91 Å². The van der Waals surface area contributed by atoms with E-state index in [4.69, 9.17) is 4.74 Å². The quantitative estimate of drug-likeness (QED) is 0.266. The van der Waals surface area contributed by atoms with Crippen LogP contribution in [0.15, 0.2) is 29.3 Å². The van der Waals surface area contributed by atoms with Gasteiger partial charge >= 0.3 is 0 Å². The molecule has 3 N–H and O–H groups in total. The van der Waals surface area contributed by atoms with Crippen LogP contribution >= 0.6 is 24.0 Å². The van der Waals surface area contributed by atoms with Gasteiger partial charge in [-0.25, -0.2) is 0 Å². The minimum absolute atomic E-state index is 0. The largest absolute Gasteiger partial charge is 0.497 e. The number of rotatable bonds is 7. The van der Waals surface area contributed by atoms with Gasteiger partial charge in [0.05, 0.1) is 7.11 Å². The van der Waals surface area contributed by atoms with Gasteiger partial charge in [0.1, 0.15) is 5.75 Å². The molecule has 0 aliphatic rings. The van der Waals surface area contributed by atoms with E-state index in [0.29, 0.717) is 24.7 Å². The number of halogens is 1. The maximum absolute atomic E-state index is 12.0. The highest BCUT2D eigenvalue weighted by molar-refractivity contribution is 14.0. The summed E-state index contributed by atoms with van der Waals surface area (Å²) in [6.07, 6.45) is 1.02. The second-order valence-electron chi connectivity index (χ2n) is 4.94. The molecule has 0 fully saturated rings. The van der Waals surface area contributed by atoms with Gasteiger partial charge in [0, 0.05) is 31.7 Å². The Morgan fingerprint density at radius 3 is 2.35 bits per heavy atom. The molecule has 6 nitrogen and oxygen atoms in total. The lowest BCUT2D eigenvalue weighted by atomic mass is 10.2. The zero-order valence-electron chi connectivity index (χ0n) is 14.2. The molecule has 0 saturated carbocycles. The van der Waals surface area contributed by atoms with Crippen LogP contribution in [-0.2, 0) is 0 Å². The van der Waals surface area contributed by atoms with E-state index >= 15 is 0 Å². The van der Waals surface area contributed by atoms with Crippen LogP contribution < -0.4 is 20.7 Å². The van der Waals surface area contributed by atoms with E-state index in [0.717, 1.165) is 18.1 Å². The average molecular weight is 434 g/mol. The molecule has 7 heteroatoms. The van der Waals surface area contributed by atoms with Crippen molar-refractivity contribution in [1.29, 1.82) is 0 Å². The smallest absolute Gasteiger partial charge is 0.251 e. The summed E-state index contributed by atoms with van der Waals surface area (Å²) in [5.74, 6) is 1.38. The van der Waals surface area contributed by atoms with Gasteiger partial charge in [0.2, 0.25) is 0 Å². The Balaban J connectivity index is 0.00000484. The fraction of sp³-hybridized carbons (Fsp3) is 0.500. The molecule has 0 aliphatic carbocycles. The predicted octanol–water partition coefficient (Wildman–Crippen LogP) is 2.01. The highest BCUT2D eigenvalue weighted by Crippen LogP contribution is 2.10. The molecule has 1 rings (SSSR count). The molecule has 0 aromatic heterocycles. The number of ether oxygens (including phenoxy) is 1. The standard InChI is InChI=1S/C16H26N4O2.HI/c1-5-12(2)20-16(17-3)19-11-10-18-15(21)13-6-8-14(22-4)9-7-13;/h6-9,12H,5,10-11H2,1-4H3,(H,18,21)(H2,17,19,20);1H. The first-order valence-corrected chi connectivity index (χ1v) is 7.50. The van der Waals surface area contributed by atoms with Crippen molar-refractivity contribution < 1.29 is 9.53 Å². The van der Waals surface area contributed by atoms with Crippen molar-refractivity contribution in [3.63, 3.8) is 0 Å². The van der Waals surface area contributed by atoms with Crippen molar-refractivity contribution in [1.82, 2.24) is 16.0 Å². The summed E-state index contributed by atoms with van der Waals surface area (Å²) in [6, 6.07) is 7.38. The number of amides is 1. The first kappa shape index (κ1) is 21.5. The Labute approximate surface area is 155 Å². The van der Waals surface area contributed by atoms with Crippen LogP contribution in [0.1, 0.15) is 30.6 Å². The SMILES string of the molecule is CCC(C)NC(=NC)NCCNC(=O)c1ccc(OC)cc1.I. The zero-order valence-corrected chi connectivity index (χ0v) is 16.5. The summed E-state index contributed by atoms with van der Waals surface area (Å²) in [7, 11) is 3.33. The van der Waals surface area contributed by atoms with Crippen molar-refractivity contribution in [2.45, 2.75) is 26.3 Å². The van der Waals surface area contributed by atoms with E-state index in [-0.39, 0.29) is 29.9 Å². The molecule has 23 heavy (non-hydrogen) atoms. The predicted molar refractivity (Wildman–Crippen MR) is 105 cm³/mol. The number of nitrogens with one attached hydrogen (secondary N) is 3. The fourth-order valence-electron chi connectivity index (χ4n) is 1.73. The summed E-state index contributed by atoms with van der Waals surface area (Å²) < 4.78 is 5.07. The molecule has 1 aromatic carbocycles. The normalized spacial score (nSPS) is 11.9. The van der Waals surface area contributed by atoms with Gasteiger partial charge in [-0.3, -0.25) is 9.79 Å². The minimum Gasteiger partial charge on any atom is -0.497 e. The Kier molecular flexibility index (Phi) is 11.2. The third kappa shape index (κ3) is 8.06. The first-order valence-electron chi connectivity index (χ1n) is 7.50. The van der Waals surface area contributed by atoms with Crippen molar-refractivity contribution in [3.05, 3.63) is 29.8 Å². The molecule has 130 valence electrons. The Morgan fingerprint density at radius 1 is 1.22 bits per heavy atom. The van der Waals surface area contributed by atoms with Crippen molar-refractivity contribution in [3.8, 4) is 5.75 Å². The van der Waals surface area contributed by atoms with Gasteiger partial charge in [-0.05, 0) is 37.6 Å². The minimum atomic E-state index is -0.102. The monoisotopic (exact) mass is 434 g/mol. The van der Waals surface area contributed by atoms with Crippen molar-refractivity contribution in [2.24, 2.45) is 4.99 Å². The van der Waals surface area contributed by atoms with Gasteiger partial charge in [-0.2, -0.15) is 0 Å². The number of benzene rings is 1. The first-order chi connectivity index (χ1) is 10.6. The molecular weight excluding hydrogens is 407 g/mol. The van der Waals surface area contributed by atoms with Crippen molar-refractivity contribution in [2.75, 3.05) is 27.2 Å². The number of carbonyl (C=O) groups is 1. The third-order valence-electron chi connectivity index (χ3n) is 3.27. The summed E-state index contributed by atoms with van der Waals surface area (Å²) >= 11 is 0. The maximum atomic E-state index is 12.0. The number of guanidine groups is 1. The lowest BCUT2D eigenvalue weighted by molar-refractivity contribution is 0.0954. The number of aliphatic imine (C=N–C) groups is 1. The molecule has 1 amide bonds. The van der Waals surface area contributed by atoms with E-state index < -0.39 is 0 Å². The molecule has 1 aromatic rings. The van der Waals surface area contributed by atoms with Crippen LogP contribution in [0.3, 0.4) is 0 Å². The number of hydrogen-bond donors (Lipinski definition) is 3. The highest BCUT2D eigenvalue weighted by Gasteiger charge is 2.05. The molecule has 0 bridgehead atoms. The molecule has 1 atom stereocenters. The Bertz CT molecular complexity index is 491. The molecule has 1 unspecified atom stereocenters. The van der Waals surface area contributed by atoms with Crippen LogP contribution in [0.4, 0.5) is 0 Å². The zero-order chi connectivity index (χ0) is 16.4. The second kappa shape index (κ2) is 12.0. The molecular formula is C16H27IN4O2. The van der Waals surface area contributed by atoms with Crippen LogP contribution in [0.5, 0.6) is 5.75 Å². The molecule has 0 aliphatic heterocycles. The maximum Gasteiger partial charge on any atom is 0.251 e. The molecule has 0 saturated heterocycles. The van der Waals surface area contributed by atoms with Gasteiger partial charge in [-0.1, -0.05) is 6.92 Å². The Morgan fingerprint density at radius 2 is 1.83 bits per heavy atom. The molecule has 0 radical (unpaired) electrons. The van der Waals surface area contributed by atoms with Crippen LogP contribution in [0.25, 0.3) is 0 Å². The topological polar surface area (TPSA) is 74.8 Å². The lowest BCUT2D eigenvalue weighted by Crippen LogP contribution is -2.44. The van der Waals surface area contributed by atoms with Crippen LogP contribution in [0, 0.1) is 0 Å². The highest BCUT2D eigenvalue weighted by atomic mass is 127. The number of carbonyl (C=O) groups excluding carboxylic acids is 1. The summed E-state index contributed by atoms with van der Waals surface area (Å²) in [5.41, 5.74) is 0.614. The Hall–Kier alpha value is -1.51. The van der Waals surface area contributed by atoms with Gasteiger partial charge in [0.15, 0.2) is 5.96 Å². The third-order valence-corrected chi connectivity index (χ3v) is 3.27. The second-order valence-corrected chi connectivity index (χ2v) is 4.94. The van der Waals surface area contributed by atoms with Crippen molar-refractivity contribution >= 4 is 35.8 Å². The van der Waals surface area contributed by atoms with E-state index in [1.54, 1.807) is 38.4 Å². The van der Waals surface area contributed by atoms with Gasteiger partial charge in [-0.15, -0.1) is 24.0 Å². The lowest BCUT2D eigenvalue weighted by Gasteiger charge is -2.16. The van der Waals surface area contributed by atoms with Crippen LogP contribution in [0.2, 0.25) is 0 Å². The number of nitrogens with zero attached hydrogens (tertiary/aromatic N) is 1. The number of hydrogen-bond acceptors (Lipinski definition) is 3. The summed E-state index contributed by atoms with van der Waals surface area (Å²) in [4.78, 5) is 16.1. The summed E-state index contributed by atoms with van der Waals surface area (Å²) in [5, 5.41) is 9.28. The molecule has 0 spiro atoms. The van der Waals surface area contributed by atoms with Crippen LogP contribution in [-0.4, -0.2) is 45.2 Å². The number of methoxy groups -OCH3 is 1. The van der Waals surface area contributed by atoms with E-state index in [1.165, 1.54) is 0 Å². The van der Waals surface area contributed by atoms with E-state index in [2.05, 4.69) is 34.8 Å². The molecule has 0 heterocycles.